The van der Waals surface area contributed by atoms with E-state index in [1.54, 1.807) is 25.2 Å². The van der Waals surface area contributed by atoms with Crippen LogP contribution in [-0.2, 0) is 16.2 Å². The Morgan fingerprint density at radius 3 is 2.55 bits per heavy atom. The molecule has 2 N–H and O–H groups in total. The molecule has 0 spiro atoms. The number of ether oxygens (including phenoxy) is 1. The highest BCUT2D eigenvalue weighted by Crippen LogP contribution is 2.38. The molecule has 0 saturated carbocycles. The average molecular weight is 548 g/mol. The first-order chi connectivity index (χ1) is 18.2. The molecule has 2 heterocycles. The largest absolute Gasteiger partial charge is 0.471 e. The van der Waals surface area contributed by atoms with Crippen LogP contribution in [0.4, 0.5) is 20.2 Å². The topological polar surface area (TPSA) is 117 Å². The maximum Gasteiger partial charge on any atom is 0.280 e. The highest BCUT2D eigenvalue weighted by atomic mass is 35.5. The van der Waals surface area contributed by atoms with E-state index in [2.05, 4.69) is 10.3 Å². The predicted molar refractivity (Wildman–Crippen MR) is 136 cm³/mol. The van der Waals surface area contributed by atoms with Crippen molar-refractivity contribution in [3.8, 4) is 11.6 Å². The third-order valence-corrected chi connectivity index (χ3v) is 6.21. The van der Waals surface area contributed by atoms with Crippen molar-refractivity contribution >= 4 is 34.8 Å². The van der Waals surface area contributed by atoms with Crippen molar-refractivity contribution in [1.82, 2.24) is 14.9 Å². The van der Waals surface area contributed by atoms with Gasteiger partial charge in [-0.05, 0) is 44.3 Å². The molecular formula is C25H24ClF2N5O5. The Morgan fingerprint density at radius 1 is 1.13 bits per heavy atom. The van der Waals surface area contributed by atoms with E-state index < -0.39 is 23.1 Å². The van der Waals surface area contributed by atoms with Crippen molar-refractivity contribution in [3.63, 3.8) is 0 Å². The zero-order valence-corrected chi connectivity index (χ0v) is 21.3. The summed E-state index contributed by atoms with van der Waals surface area (Å²) in [5.41, 5.74) is 0.533. The van der Waals surface area contributed by atoms with Crippen LogP contribution >= 0.6 is 11.6 Å². The molecule has 0 saturated heterocycles. The molecule has 3 aromatic rings. The molecule has 0 fully saturated rings. The number of aryl methyl sites for hydroxylation is 1. The Bertz CT molecular complexity index is 1460. The molecule has 0 unspecified atom stereocenters. The van der Waals surface area contributed by atoms with Gasteiger partial charge in [-0.2, -0.15) is 4.98 Å². The number of hydrogen-bond acceptors (Lipinski definition) is 7. The van der Waals surface area contributed by atoms with Crippen LogP contribution in [0.15, 0.2) is 41.2 Å². The summed E-state index contributed by atoms with van der Waals surface area (Å²) in [6.07, 6.45) is -0.148. The van der Waals surface area contributed by atoms with Gasteiger partial charge in [-0.1, -0.05) is 11.6 Å². The molecule has 2 aromatic carbocycles. The number of carbonyl (C=O) groups is 2. The normalized spacial score (nSPS) is 12.6. The Morgan fingerprint density at radius 2 is 1.87 bits per heavy atom. The molecule has 1 aliphatic heterocycles. The van der Waals surface area contributed by atoms with Crippen molar-refractivity contribution in [2.45, 2.75) is 20.0 Å². The van der Waals surface area contributed by atoms with Crippen LogP contribution in [0.1, 0.15) is 17.8 Å². The lowest BCUT2D eigenvalue weighted by Gasteiger charge is -2.18. The Kier molecular flexibility index (Phi) is 8.05. The van der Waals surface area contributed by atoms with E-state index in [4.69, 9.17) is 16.3 Å². The van der Waals surface area contributed by atoms with Gasteiger partial charge in [-0.25, -0.2) is 8.78 Å². The molecule has 1 aliphatic rings. The SMILES string of the molecule is CNCC(=O)N1CN(C(=O)CCO)c2cc(-n3c(C)nc(OCc4ccc(F)cc4F)c(Cl)c3=O)ccc21. The first kappa shape index (κ1) is 27.2. The summed E-state index contributed by atoms with van der Waals surface area (Å²) in [7, 11) is 1.63. The summed E-state index contributed by atoms with van der Waals surface area (Å²) in [6.45, 7) is 0.839. The number of rotatable bonds is 8. The molecule has 13 heteroatoms. The van der Waals surface area contributed by atoms with Gasteiger partial charge in [-0.3, -0.25) is 28.8 Å². The first-order valence-electron chi connectivity index (χ1n) is 11.5. The Labute approximate surface area is 221 Å². The van der Waals surface area contributed by atoms with E-state index in [1.807, 2.05) is 0 Å². The molecule has 1 aromatic heterocycles. The molecule has 0 aliphatic carbocycles. The number of carbonyl (C=O) groups excluding carboxylic acids is 2. The Hall–Kier alpha value is -3.87. The average Bonchev–Trinajstić information content (AvgIpc) is 3.26. The smallest absolute Gasteiger partial charge is 0.280 e. The van der Waals surface area contributed by atoms with E-state index in [-0.39, 0.29) is 61.0 Å². The predicted octanol–water partition coefficient (Wildman–Crippen LogP) is 2.29. The molecule has 10 nitrogen and oxygen atoms in total. The highest BCUT2D eigenvalue weighted by molar-refractivity contribution is 6.31. The lowest BCUT2D eigenvalue weighted by molar-refractivity contribution is -0.119. The fourth-order valence-corrected chi connectivity index (χ4v) is 4.24. The number of hydrogen-bond donors (Lipinski definition) is 2. The molecule has 0 radical (unpaired) electrons. The Balaban J connectivity index is 1.70. The van der Waals surface area contributed by atoms with Crippen molar-refractivity contribution in [2.75, 3.05) is 36.7 Å². The van der Waals surface area contributed by atoms with E-state index in [0.717, 1.165) is 6.07 Å². The van der Waals surface area contributed by atoms with Gasteiger partial charge in [0.05, 0.1) is 36.6 Å². The number of aliphatic hydroxyl groups excluding tert-OH is 1. The molecular weight excluding hydrogens is 524 g/mol. The third kappa shape index (κ3) is 5.23. The summed E-state index contributed by atoms with van der Waals surface area (Å²) in [6, 6.07) is 7.75. The lowest BCUT2D eigenvalue weighted by Crippen LogP contribution is -2.41. The molecule has 200 valence electrons. The van der Waals surface area contributed by atoms with E-state index in [9.17, 15) is 28.3 Å². The van der Waals surface area contributed by atoms with Crippen molar-refractivity contribution in [3.05, 3.63) is 74.8 Å². The van der Waals surface area contributed by atoms with E-state index in [1.165, 1.54) is 27.4 Å². The fraction of sp³-hybridized carbons (Fsp3) is 0.280. The highest BCUT2D eigenvalue weighted by Gasteiger charge is 2.33. The number of halogens is 3. The lowest BCUT2D eigenvalue weighted by atomic mass is 10.2. The number of amides is 2. The van der Waals surface area contributed by atoms with Crippen LogP contribution in [0.3, 0.4) is 0 Å². The maximum atomic E-state index is 14.0. The van der Waals surface area contributed by atoms with Gasteiger partial charge in [0, 0.05) is 11.6 Å². The second-order valence-electron chi connectivity index (χ2n) is 8.41. The number of nitrogens with one attached hydrogen (secondary N) is 1. The zero-order valence-electron chi connectivity index (χ0n) is 20.5. The summed E-state index contributed by atoms with van der Waals surface area (Å²) < 4.78 is 33.8. The zero-order chi connectivity index (χ0) is 27.6. The summed E-state index contributed by atoms with van der Waals surface area (Å²) in [5, 5.41) is 11.7. The van der Waals surface area contributed by atoms with E-state index in [0.29, 0.717) is 23.1 Å². The van der Waals surface area contributed by atoms with Gasteiger partial charge in [0.2, 0.25) is 17.7 Å². The van der Waals surface area contributed by atoms with Gasteiger partial charge < -0.3 is 15.2 Å². The molecule has 0 bridgehead atoms. The van der Waals surface area contributed by atoms with Gasteiger partial charge >= 0.3 is 0 Å². The van der Waals surface area contributed by atoms with Crippen molar-refractivity contribution in [1.29, 1.82) is 0 Å². The van der Waals surface area contributed by atoms with Gasteiger partial charge in [0.15, 0.2) is 5.02 Å². The summed E-state index contributed by atoms with van der Waals surface area (Å²) in [5.74, 6) is -2.25. The number of benzene rings is 2. The molecule has 4 rings (SSSR count). The minimum atomic E-state index is -0.813. The molecule has 2 amide bonds. The number of aliphatic hydroxyl groups is 1. The van der Waals surface area contributed by atoms with Crippen LogP contribution in [0, 0.1) is 18.6 Å². The molecule has 0 atom stereocenters. The summed E-state index contributed by atoms with van der Waals surface area (Å²) in [4.78, 5) is 45.5. The number of aromatic nitrogens is 2. The minimum absolute atomic E-state index is 0.0439. The first-order valence-corrected chi connectivity index (χ1v) is 11.9. The molecule has 38 heavy (non-hydrogen) atoms. The number of fused-ring (bicyclic) bond motifs is 1. The van der Waals surface area contributed by atoms with Crippen LogP contribution in [0.25, 0.3) is 5.69 Å². The third-order valence-electron chi connectivity index (χ3n) is 5.88. The van der Waals surface area contributed by atoms with E-state index >= 15 is 0 Å². The number of nitrogens with zero attached hydrogens (tertiary/aromatic N) is 4. The van der Waals surface area contributed by atoms with Gasteiger partial charge in [-0.15, -0.1) is 0 Å². The van der Waals surface area contributed by atoms with Gasteiger partial charge in [0.25, 0.3) is 5.56 Å². The minimum Gasteiger partial charge on any atom is -0.471 e. The van der Waals surface area contributed by atoms with Crippen LogP contribution in [0.5, 0.6) is 5.88 Å². The number of anilines is 2. The number of likely N-dealkylation sites (N-methyl/N-ethyl adjacent to an activating group) is 1. The maximum absolute atomic E-state index is 14.0. The second-order valence-corrected chi connectivity index (χ2v) is 8.78. The standard InChI is InChI=1S/C25H24ClF2N5O5/c1-14-30-24(38-12-15-3-4-16(27)9-18(15)28)23(26)25(37)33(14)17-5-6-19-20(10-17)32(21(35)7-8-34)13-31(19)22(36)11-29-2/h3-6,9-10,29,34H,7-8,11-13H2,1-2H3. The van der Waals surface area contributed by atoms with Crippen molar-refractivity contribution < 1.29 is 28.2 Å². The van der Waals surface area contributed by atoms with Gasteiger partial charge in [0.1, 0.15) is 30.7 Å². The quantitative estimate of drug-likeness (QED) is 0.444. The van der Waals surface area contributed by atoms with Crippen LogP contribution in [0.2, 0.25) is 5.02 Å². The van der Waals surface area contributed by atoms with Crippen LogP contribution < -0.4 is 25.4 Å². The summed E-state index contributed by atoms with van der Waals surface area (Å²) >= 11 is 6.26. The van der Waals surface area contributed by atoms with Crippen LogP contribution in [-0.4, -0.2) is 53.3 Å². The second kappa shape index (κ2) is 11.3. The monoisotopic (exact) mass is 547 g/mol. The van der Waals surface area contributed by atoms with Crippen molar-refractivity contribution in [2.24, 2.45) is 0 Å². The fourth-order valence-electron chi connectivity index (χ4n) is 4.06.